The lowest BCUT2D eigenvalue weighted by Gasteiger charge is -2.10. The van der Waals surface area contributed by atoms with Crippen molar-refractivity contribution in [3.05, 3.63) is 65.2 Å². The van der Waals surface area contributed by atoms with E-state index in [0.717, 1.165) is 27.2 Å². The van der Waals surface area contributed by atoms with E-state index in [1.807, 2.05) is 38.1 Å². The second-order valence-corrected chi connectivity index (χ2v) is 5.72. The van der Waals surface area contributed by atoms with Crippen molar-refractivity contribution in [2.75, 3.05) is 5.73 Å². The predicted molar refractivity (Wildman–Crippen MR) is 91.1 cm³/mol. The van der Waals surface area contributed by atoms with Gasteiger partial charge in [0.15, 0.2) is 5.13 Å². The van der Waals surface area contributed by atoms with Crippen LogP contribution in [0.5, 0.6) is 5.75 Å². The summed E-state index contributed by atoms with van der Waals surface area (Å²) in [7, 11) is 0. The number of allylic oxidation sites excluding steroid dienone is 5. The van der Waals surface area contributed by atoms with Crippen LogP contribution >= 0.6 is 11.3 Å². The number of nitrogens with two attached hydrogens (primary N) is 1. The molecule has 2 rings (SSSR count). The fraction of sp³-hybridized carbons (Fsp3) is 0.118. The molecule has 21 heavy (non-hydrogen) atoms. The first kappa shape index (κ1) is 15.1. The number of benzene rings is 1. The standard InChI is InChI=1S/C17H18N2OS/c1-4-12(16-10-19-17(18)21-16)9-14(11(2)3)13-7-5-6-8-15(13)20/h4-10,20H,2H2,1,3H3,(H2,18,19)/b12-4?,14-9+. The molecule has 0 spiro atoms. The van der Waals surface area contributed by atoms with Crippen LogP contribution in [0.25, 0.3) is 11.1 Å². The van der Waals surface area contributed by atoms with E-state index in [1.54, 1.807) is 18.3 Å². The number of rotatable bonds is 4. The molecule has 0 saturated heterocycles. The summed E-state index contributed by atoms with van der Waals surface area (Å²) in [6.07, 6.45) is 5.76. The van der Waals surface area contributed by atoms with Crippen molar-refractivity contribution in [3.63, 3.8) is 0 Å². The average molecular weight is 298 g/mol. The summed E-state index contributed by atoms with van der Waals surface area (Å²) in [5.41, 5.74) is 9.25. The lowest BCUT2D eigenvalue weighted by Crippen LogP contribution is -1.88. The van der Waals surface area contributed by atoms with Crippen LogP contribution in [0.3, 0.4) is 0 Å². The maximum Gasteiger partial charge on any atom is 0.180 e. The highest BCUT2D eigenvalue weighted by atomic mass is 32.1. The molecule has 0 amide bonds. The summed E-state index contributed by atoms with van der Waals surface area (Å²) >= 11 is 1.44. The van der Waals surface area contributed by atoms with E-state index in [4.69, 9.17) is 5.73 Å². The molecule has 0 fully saturated rings. The average Bonchev–Trinajstić information content (AvgIpc) is 2.87. The first-order valence-corrected chi connectivity index (χ1v) is 7.38. The number of para-hydroxylation sites is 1. The lowest BCUT2D eigenvalue weighted by atomic mass is 9.96. The Bertz CT molecular complexity index is 726. The Balaban J connectivity index is 2.52. The van der Waals surface area contributed by atoms with E-state index >= 15 is 0 Å². The first-order valence-electron chi connectivity index (χ1n) is 6.57. The number of aromatic hydroxyl groups is 1. The highest BCUT2D eigenvalue weighted by molar-refractivity contribution is 7.16. The molecule has 1 heterocycles. The lowest BCUT2D eigenvalue weighted by molar-refractivity contribution is 0.473. The number of anilines is 1. The van der Waals surface area contributed by atoms with Crippen LogP contribution < -0.4 is 5.73 Å². The van der Waals surface area contributed by atoms with Gasteiger partial charge in [0, 0.05) is 11.8 Å². The minimum atomic E-state index is 0.242. The van der Waals surface area contributed by atoms with Crippen molar-refractivity contribution in [1.82, 2.24) is 4.98 Å². The van der Waals surface area contributed by atoms with Crippen molar-refractivity contribution in [2.45, 2.75) is 13.8 Å². The van der Waals surface area contributed by atoms with Crippen LogP contribution in [0.15, 0.2) is 54.8 Å². The second kappa shape index (κ2) is 6.41. The molecule has 108 valence electrons. The molecule has 0 aliphatic rings. The van der Waals surface area contributed by atoms with Crippen molar-refractivity contribution in [1.29, 1.82) is 0 Å². The van der Waals surface area contributed by atoms with Gasteiger partial charge in [0.2, 0.25) is 0 Å². The van der Waals surface area contributed by atoms with Gasteiger partial charge < -0.3 is 10.8 Å². The number of hydrogen-bond donors (Lipinski definition) is 2. The van der Waals surface area contributed by atoms with E-state index < -0.39 is 0 Å². The van der Waals surface area contributed by atoms with E-state index in [9.17, 15) is 5.11 Å². The fourth-order valence-corrected chi connectivity index (χ4v) is 2.74. The van der Waals surface area contributed by atoms with Crippen LogP contribution in [-0.4, -0.2) is 10.1 Å². The Hall–Kier alpha value is -2.33. The molecule has 0 atom stereocenters. The number of nitrogens with zero attached hydrogens (tertiary/aromatic N) is 1. The number of phenols is 1. The van der Waals surface area contributed by atoms with Gasteiger partial charge in [-0.05, 0) is 37.1 Å². The third-order valence-electron chi connectivity index (χ3n) is 3.07. The normalized spacial score (nSPS) is 12.5. The molecule has 2 aromatic rings. The Kier molecular flexibility index (Phi) is 4.60. The Morgan fingerprint density at radius 3 is 2.62 bits per heavy atom. The molecule has 0 unspecified atom stereocenters. The molecular formula is C17H18N2OS. The van der Waals surface area contributed by atoms with Crippen molar-refractivity contribution >= 4 is 27.6 Å². The second-order valence-electron chi connectivity index (χ2n) is 4.66. The smallest absolute Gasteiger partial charge is 0.180 e. The van der Waals surface area contributed by atoms with Gasteiger partial charge in [-0.2, -0.15) is 0 Å². The monoisotopic (exact) mass is 298 g/mol. The fourth-order valence-electron chi connectivity index (χ4n) is 2.01. The van der Waals surface area contributed by atoms with Gasteiger partial charge in [-0.3, -0.25) is 0 Å². The summed E-state index contributed by atoms with van der Waals surface area (Å²) in [5, 5.41) is 10.6. The molecule has 3 nitrogen and oxygen atoms in total. The van der Waals surface area contributed by atoms with Crippen LogP contribution in [0.1, 0.15) is 24.3 Å². The third kappa shape index (κ3) is 3.41. The zero-order chi connectivity index (χ0) is 15.4. The number of hydrogen-bond acceptors (Lipinski definition) is 4. The molecule has 0 bridgehead atoms. The number of nitrogen functional groups attached to an aromatic ring is 1. The SMILES string of the molecule is C=C(C)/C(=C\C(=CC)c1cnc(N)s1)c1ccccc1O. The van der Waals surface area contributed by atoms with E-state index in [1.165, 1.54) is 11.3 Å². The van der Waals surface area contributed by atoms with Gasteiger partial charge in [-0.25, -0.2) is 4.98 Å². The topological polar surface area (TPSA) is 59.1 Å². The van der Waals surface area contributed by atoms with Crippen molar-refractivity contribution in [3.8, 4) is 5.75 Å². The van der Waals surface area contributed by atoms with E-state index in [2.05, 4.69) is 11.6 Å². The molecule has 0 aliphatic heterocycles. The Morgan fingerprint density at radius 1 is 1.38 bits per heavy atom. The molecular weight excluding hydrogens is 280 g/mol. The van der Waals surface area contributed by atoms with Gasteiger partial charge in [-0.15, -0.1) is 0 Å². The number of phenolic OH excluding ortho intramolecular Hbond substituents is 1. The summed E-state index contributed by atoms with van der Waals surface area (Å²) in [6, 6.07) is 7.25. The third-order valence-corrected chi connectivity index (χ3v) is 3.95. The molecule has 3 N–H and O–H groups in total. The van der Waals surface area contributed by atoms with Crippen LogP contribution in [0.4, 0.5) is 5.13 Å². The van der Waals surface area contributed by atoms with Gasteiger partial charge >= 0.3 is 0 Å². The molecule has 4 heteroatoms. The van der Waals surface area contributed by atoms with Gasteiger partial charge in [-0.1, -0.05) is 47.8 Å². The largest absolute Gasteiger partial charge is 0.507 e. The molecule has 1 aromatic heterocycles. The summed E-state index contributed by atoms with van der Waals surface area (Å²) in [6.45, 7) is 7.90. The summed E-state index contributed by atoms with van der Waals surface area (Å²) in [5.74, 6) is 0.242. The zero-order valence-electron chi connectivity index (χ0n) is 12.1. The number of aromatic nitrogens is 1. The zero-order valence-corrected chi connectivity index (χ0v) is 12.9. The number of thiazole rings is 1. The molecule has 0 aliphatic carbocycles. The van der Waals surface area contributed by atoms with Gasteiger partial charge in [0.05, 0.1) is 4.88 Å². The minimum absolute atomic E-state index is 0.242. The Morgan fingerprint density at radius 2 is 2.10 bits per heavy atom. The van der Waals surface area contributed by atoms with E-state index in [-0.39, 0.29) is 5.75 Å². The summed E-state index contributed by atoms with van der Waals surface area (Å²) in [4.78, 5) is 5.07. The molecule has 0 radical (unpaired) electrons. The molecule has 0 saturated carbocycles. The maximum absolute atomic E-state index is 10.1. The Labute approximate surface area is 128 Å². The van der Waals surface area contributed by atoms with Crippen molar-refractivity contribution in [2.24, 2.45) is 0 Å². The highest BCUT2D eigenvalue weighted by Gasteiger charge is 2.10. The van der Waals surface area contributed by atoms with Crippen LogP contribution in [-0.2, 0) is 0 Å². The highest BCUT2D eigenvalue weighted by Crippen LogP contribution is 2.33. The predicted octanol–water partition coefficient (Wildman–Crippen LogP) is 4.49. The maximum atomic E-state index is 10.1. The van der Waals surface area contributed by atoms with E-state index in [0.29, 0.717) is 5.13 Å². The summed E-state index contributed by atoms with van der Waals surface area (Å²) < 4.78 is 0. The first-order chi connectivity index (χ1) is 10.0. The van der Waals surface area contributed by atoms with Gasteiger partial charge in [0.25, 0.3) is 0 Å². The molecule has 1 aromatic carbocycles. The van der Waals surface area contributed by atoms with Crippen LogP contribution in [0, 0.1) is 0 Å². The van der Waals surface area contributed by atoms with Gasteiger partial charge in [0.1, 0.15) is 5.75 Å². The van der Waals surface area contributed by atoms with Crippen LogP contribution in [0.2, 0.25) is 0 Å². The minimum Gasteiger partial charge on any atom is -0.507 e. The quantitative estimate of drug-likeness (QED) is 0.817. The van der Waals surface area contributed by atoms with Crippen molar-refractivity contribution < 1.29 is 5.11 Å².